The lowest BCUT2D eigenvalue weighted by Gasteiger charge is -2.29. The van der Waals surface area contributed by atoms with Crippen LogP contribution in [0.2, 0.25) is 0 Å². The van der Waals surface area contributed by atoms with Crippen LogP contribution in [0.5, 0.6) is 0 Å². The molecule has 0 amide bonds. The lowest BCUT2D eigenvalue weighted by atomic mass is 10.0. The standard InChI is InChI=1S/C14H21NO2/c1-2-3-14(16)12-4-6-13(7-5-12)15-8-10-17-11-9-15/h4-7,14,16H,2-3,8-11H2,1H3. The first-order valence-electron chi connectivity index (χ1n) is 6.42. The van der Waals surface area contributed by atoms with Gasteiger partial charge in [0.1, 0.15) is 0 Å². The van der Waals surface area contributed by atoms with Crippen LogP contribution in [0.1, 0.15) is 31.4 Å². The van der Waals surface area contributed by atoms with Gasteiger partial charge in [-0.2, -0.15) is 0 Å². The molecule has 1 fully saturated rings. The summed E-state index contributed by atoms with van der Waals surface area (Å²) in [5.74, 6) is 0. The van der Waals surface area contributed by atoms with E-state index in [2.05, 4.69) is 24.0 Å². The average molecular weight is 235 g/mol. The quantitative estimate of drug-likeness (QED) is 0.869. The fraction of sp³-hybridized carbons (Fsp3) is 0.571. The first-order valence-corrected chi connectivity index (χ1v) is 6.42. The number of anilines is 1. The number of hydrogen-bond acceptors (Lipinski definition) is 3. The second-order valence-electron chi connectivity index (χ2n) is 4.50. The van der Waals surface area contributed by atoms with Crippen LogP contribution in [0, 0.1) is 0 Å². The molecule has 1 aromatic rings. The fourth-order valence-electron chi connectivity index (χ4n) is 2.17. The number of benzene rings is 1. The predicted molar refractivity (Wildman–Crippen MR) is 69.3 cm³/mol. The molecule has 1 N–H and O–H groups in total. The Labute approximate surface area is 103 Å². The van der Waals surface area contributed by atoms with Crippen molar-refractivity contribution in [2.45, 2.75) is 25.9 Å². The number of aliphatic hydroxyl groups excluding tert-OH is 1. The lowest BCUT2D eigenvalue weighted by Crippen LogP contribution is -2.36. The summed E-state index contributed by atoms with van der Waals surface area (Å²) in [5, 5.41) is 9.89. The molecule has 0 bridgehead atoms. The van der Waals surface area contributed by atoms with Crippen LogP contribution in [0.15, 0.2) is 24.3 Å². The fourth-order valence-corrected chi connectivity index (χ4v) is 2.17. The van der Waals surface area contributed by atoms with Gasteiger partial charge in [0.05, 0.1) is 19.3 Å². The zero-order chi connectivity index (χ0) is 12.1. The third kappa shape index (κ3) is 3.20. The molecule has 1 saturated heterocycles. The third-order valence-corrected chi connectivity index (χ3v) is 3.22. The second-order valence-corrected chi connectivity index (χ2v) is 4.50. The number of rotatable bonds is 4. The van der Waals surface area contributed by atoms with E-state index in [9.17, 15) is 5.11 Å². The number of aliphatic hydroxyl groups is 1. The van der Waals surface area contributed by atoms with Gasteiger partial charge in [-0.1, -0.05) is 25.5 Å². The first-order chi connectivity index (χ1) is 8.31. The van der Waals surface area contributed by atoms with Crippen LogP contribution in [0.4, 0.5) is 5.69 Å². The van der Waals surface area contributed by atoms with Gasteiger partial charge in [-0.15, -0.1) is 0 Å². The Morgan fingerprint density at radius 3 is 2.47 bits per heavy atom. The Bertz CT molecular complexity index is 331. The zero-order valence-electron chi connectivity index (χ0n) is 10.4. The second kappa shape index (κ2) is 6.03. The molecule has 0 radical (unpaired) electrons. The van der Waals surface area contributed by atoms with Crippen molar-refractivity contribution in [1.29, 1.82) is 0 Å². The van der Waals surface area contributed by atoms with Crippen molar-refractivity contribution < 1.29 is 9.84 Å². The summed E-state index contributed by atoms with van der Waals surface area (Å²) in [6, 6.07) is 8.26. The predicted octanol–water partition coefficient (Wildman–Crippen LogP) is 2.36. The number of hydrogen-bond donors (Lipinski definition) is 1. The molecule has 3 nitrogen and oxygen atoms in total. The van der Waals surface area contributed by atoms with E-state index in [4.69, 9.17) is 4.74 Å². The first kappa shape index (κ1) is 12.4. The van der Waals surface area contributed by atoms with E-state index in [0.717, 1.165) is 44.7 Å². The van der Waals surface area contributed by atoms with Crippen LogP contribution in [-0.4, -0.2) is 31.4 Å². The minimum absolute atomic E-state index is 0.321. The lowest BCUT2D eigenvalue weighted by molar-refractivity contribution is 0.122. The molecule has 94 valence electrons. The van der Waals surface area contributed by atoms with Crippen molar-refractivity contribution in [2.24, 2.45) is 0 Å². The molecule has 17 heavy (non-hydrogen) atoms. The van der Waals surface area contributed by atoms with E-state index in [-0.39, 0.29) is 6.10 Å². The minimum Gasteiger partial charge on any atom is -0.388 e. The van der Waals surface area contributed by atoms with Gasteiger partial charge in [0, 0.05) is 18.8 Å². The zero-order valence-corrected chi connectivity index (χ0v) is 10.4. The molecule has 1 unspecified atom stereocenters. The van der Waals surface area contributed by atoms with E-state index < -0.39 is 0 Å². The van der Waals surface area contributed by atoms with E-state index in [1.54, 1.807) is 0 Å². The molecule has 0 aromatic heterocycles. The van der Waals surface area contributed by atoms with Crippen LogP contribution in [0.3, 0.4) is 0 Å². The summed E-state index contributed by atoms with van der Waals surface area (Å²) in [7, 11) is 0. The Morgan fingerprint density at radius 2 is 1.88 bits per heavy atom. The van der Waals surface area contributed by atoms with Crippen molar-refractivity contribution in [2.75, 3.05) is 31.2 Å². The maximum absolute atomic E-state index is 9.89. The van der Waals surface area contributed by atoms with Crippen LogP contribution >= 0.6 is 0 Å². The number of morpholine rings is 1. The summed E-state index contributed by atoms with van der Waals surface area (Å²) in [6.45, 7) is 5.61. The highest BCUT2D eigenvalue weighted by Crippen LogP contribution is 2.22. The molecular formula is C14H21NO2. The highest BCUT2D eigenvalue weighted by atomic mass is 16.5. The molecule has 0 spiro atoms. The van der Waals surface area contributed by atoms with Crippen LogP contribution < -0.4 is 4.90 Å². The normalized spacial score (nSPS) is 18.1. The smallest absolute Gasteiger partial charge is 0.0790 e. The van der Waals surface area contributed by atoms with Gasteiger partial charge in [-0.05, 0) is 24.1 Å². The Kier molecular flexibility index (Phi) is 4.40. The molecule has 1 atom stereocenters. The molecule has 1 heterocycles. The molecule has 1 aromatic carbocycles. The topological polar surface area (TPSA) is 32.7 Å². The van der Waals surface area contributed by atoms with Crippen molar-refractivity contribution >= 4 is 5.69 Å². The largest absolute Gasteiger partial charge is 0.388 e. The van der Waals surface area contributed by atoms with Gasteiger partial charge in [0.15, 0.2) is 0 Å². The highest BCUT2D eigenvalue weighted by Gasteiger charge is 2.12. The van der Waals surface area contributed by atoms with E-state index in [1.165, 1.54) is 5.69 Å². The maximum Gasteiger partial charge on any atom is 0.0790 e. The molecule has 1 aliphatic heterocycles. The minimum atomic E-state index is -0.321. The van der Waals surface area contributed by atoms with Gasteiger partial charge in [0.2, 0.25) is 0 Å². The Hall–Kier alpha value is -1.06. The van der Waals surface area contributed by atoms with Crippen molar-refractivity contribution in [3.8, 4) is 0 Å². The molecule has 2 rings (SSSR count). The summed E-state index contributed by atoms with van der Waals surface area (Å²) in [4.78, 5) is 2.32. The molecular weight excluding hydrogens is 214 g/mol. The third-order valence-electron chi connectivity index (χ3n) is 3.22. The SMILES string of the molecule is CCCC(O)c1ccc(N2CCOCC2)cc1. The van der Waals surface area contributed by atoms with Gasteiger partial charge in [-0.25, -0.2) is 0 Å². The summed E-state index contributed by atoms with van der Waals surface area (Å²) < 4.78 is 5.33. The molecule has 0 saturated carbocycles. The summed E-state index contributed by atoms with van der Waals surface area (Å²) in [5.41, 5.74) is 2.24. The monoisotopic (exact) mass is 235 g/mol. The molecule has 3 heteroatoms. The molecule has 0 aliphatic carbocycles. The van der Waals surface area contributed by atoms with Gasteiger partial charge >= 0.3 is 0 Å². The van der Waals surface area contributed by atoms with Crippen LogP contribution in [-0.2, 0) is 4.74 Å². The average Bonchev–Trinajstić information content (AvgIpc) is 2.40. The summed E-state index contributed by atoms with van der Waals surface area (Å²) >= 11 is 0. The number of nitrogens with zero attached hydrogens (tertiary/aromatic N) is 1. The highest BCUT2D eigenvalue weighted by molar-refractivity contribution is 5.48. The maximum atomic E-state index is 9.89. The number of ether oxygens (including phenoxy) is 1. The van der Waals surface area contributed by atoms with E-state index in [1.807, 2.05) is 12.1 Å². The van der Waals surface area contributed by atoms with Gasteiger partial charge in [-0.3, -0.25) is 0 Å². The van der Waals surface area contributed by atoms with Crippen molar-refractivity contribution in [3.63, 3.8) is 0 Å². The Morgan fingerprint density at radius 1 is 1.24 bits per heavy atom. The van der Waals surface area contributed by atoms with Gasteiger partial charge in [0.25, 0.3) is 0 Å². The van der Waals surface area contributed by atoms with E-state index >= 15 is 0 Å². The van der Waals surface area contributed by atoms with Gasteiger partial charge < -0.3 is 14.7 Å². The van der Waals surface area contributed by atoms with Crippen LogP contribution in [0.25, 0.3) is 0 Å². The summed E-state index contributed by atoms with van der Waals surface area (Å²) in [6.07, 6.45) is 1.52. The van der Waals surface area contributed by atoms with Crippen molar-refractivity contribution in [3.05, 3.63) is 29.8 Å². The van der Waals surface area contributed by atoms with Crippen molar-refractivity contribution in [1.82, 2.24) is 0 Å². The van der Waals surface area contributed by atoms with E-state index in [0.29, 0.717) is 0 Å². The Balaban J connectivity index is 2.01. The molecule has 1 aliphatic rings.